The lowest BCUT2D eigenvalue weighted by Crippen LogP contribution is -2.68. The first-order chi connectivity index (χ1) is 14.2. The van der Waals surface area contributed by atoms with E-state index in [-0.39, 0.29) is 30.5 Å². The molecule has 5 rings (SSSR count). The number of carbonyl (C=O) groups is 1. The van der Waals surface area contributed by atoms with E-state index in [1.54, 1.807) is 23.3 Å². The smallest absolute Gasteiger partial charge is 0.258 e. The number of oxazole rings is 1. The quantitative estimate of drug-likeness (QED) is 0.738. The maximum Gasteiger partial charge on any atom is 0.258 e. The number of aliphatic hydroxyl groups excluding tert-OH is 1. The molecule has 0 saturated carbocycles. The summed E-state index contributed by atoms with van der Waals surface area (Å²) in [4.78, 5) is 21.3. The Bertz CT molecular complexity index is 1040. The number of amides is 1. The number of nitrogens with zero attached hydrogens (tertiary/aromatic N) is 3. The average molecular weight is 393 g/mol. The van der Waals surface area contributed by atoms with Gasteiger partial charge in [0, 0.05) is 42.3 Å². The lowest BCUT2D eigenvalue weighted by molar-refractivity contribution is -0.0496. The number of aliphatic hydroxyl groups is 1. The molecular formula is C22H20FN3O3. The van der Waals surface area contributed by atoms with Crippen molar-refractivity contribution in [2.45, 2.75) is 24.5 Å². The number of aromatic nitrogens is 1. The third-order valence-corrected chi connectivity index (χ3v) is 5.97. The lowest BCUT2D eigenvalue weighted by atomic mass is 9.72. The van der Waals surface area contributed by atoms with Crippen LogP contribution >= 0.6 is 0 Å². The molecule has 1 saturated heterocycles. The van der Waals surface area contributed by atoms with Crippen LogP contribution in [0.25, 0.3) is 0 Å². The highest BCUT2D eigenvalue weighted by atomic mass is 19.1. The van der Waals surface area contributed by atoms with Crippen molar-refractivity contribution in [2.24, 2.45) is 0 Å². The zero-order chi connectivity index (χ0) is 20.0. The predicted molar refractivity (Wildman–Crippen MR) is 104 cm³/mol. The number of anilines is 1. The molecule has 2 aliphatic rings. The Hall–Kier alpha value is -3.03. The van der Waals surface area contributed by atoms with Crippen LogP contribution in [-0.4, -0.2) is 46.1 Å². The second-order valence-electron chi connectivity index (χ2n) is 7.48. The second-order valence-corrected chi connectivity index (χ2v) is 7.48. The number of hydrogen-bond acceptors (Lipinski definition) is 5. The highest BCUT2D eigenvalue weighted by Crippen LogP contribution is 2.48. The molecule has 0 spiro atoms. The van der Waals surface area contributed by atoms with Crippen molar-refractivity contribution in [3.63, 3.8) is 0 Å². The van der Waals surface area contributed by atoms with Gasteiger partial charge in [-0.05, 0) is 29.8 Å². The second kappa shape index (κ2) is 7.09. The van der Waals surface area contributed by atoms with Crippen molar-refractivity contribution in [3.8, 4) is 0 Å². The highest BCUT2D eigenvalue weighted by molar-refractivity contribution is 6.07. The van der Waals surface area contributed by atoms with Crippen molar-refractivity contribution >= 4 is 11.6 Å². The molecule has 7 heteroatoms. The van der Waals surface area contributed by atoms with Crippen LogP contribution in [0.5, 0.6) is 0 Å². The number of fused-ring (bicyclic) bond motifs is 3. The van der Waals surface area contributed by atoms with Crippen molar-refractivity contribution < 1.29 is 18.7 Å². The standard InChI is InChI=1S/C22H20FN3O3/c23-15-5-3-4-14(8-15)22(28)26-10-19-21(17-6-1-2-7-18(17)26)20(11-27)25(19)9-16-12-29-13-24-16/h1-8,12-13,19-21,27H,9-11H2/t19-,20+,21+/m0/s1. The maximum atomic E-state index is 13.7. The van der Waals surface area contributed by atoms with E-state index < -0.39 is 5.82 Å². The van der Waals surface area contributed by atoms with Crippen molar-refractivity contribution in [1.29, 1.82) is 0 Å². The van der Waals surface area contributed by atoms with E-state index >= 15 is 0 Å². The van der Waals surface area contributed by atoms with Gasteiger partial charge in [-0.2, -0.15) is 0 Å². The van der Waals surface area contributed by atoms with E-state index in [2.05, 4.69) is 9.88 Å². The molecule has 0 radical (unpaired) electrons. The molecule has 6 nitrogen and oxygen atoms in total. The zero-order valence-electron chi connectivity index (χ0n) is 15.6. The molecule has 0 bridgehead atoms. The molecule has 2 aliphatic heterocycles. The van der Waals surface area contributed by atoms with Gasteiger partial charge in [0.2, 0.25) is 0 Å². The van der Waals surface area contributed by atoms with Crippen LogP contribution < -0.4 is 4.90 Å². The van der Waals surface area contributed by atoms with Crippen LogP contribution in [0.1, 0.15) is 27.5 Å². The van der Waals surface area contributed by atoms with Gasteiger partial charge in [-0.15, -0.1) is 0 Å². The minimum absolute atomic E-state index is 0.0190. The molecule has 2 aromatic carbocycles. The van der Waals surface area contributed by atoms with Crippen molar-refractivity contribution in [2.75, 3.05) is 18.1 Å². The van der Waals surface area contributed by atoms with Gasteiger partial charge in [0.1, 0.15) is 12.1 Å². The normalized spacial score (nSPS) is 23.2. The summed E-state index contributed by atoms with van der Waals surface area (Å²) in [6, 6.07) is 13.5. The molecule has 1 fully saturated rings. The van der Waals surface area contributed by atoms with Crippen molar-refractivity contribution in [3.05, 3.63) is 83.8 Å². The van der Waals surface area contributed by atoms with Crippen LogP contribution in [0.3, 0.4) is 0 Å². The van der Waals surface area contributed by atoms with Gasteiger partial charge in [-0.1, -0.05) is 24.3 Å². The summed E-state index contributed by atoms with van der Waals surface area (Å²) in [5.74, 6) is -0.542. The minimum Gasteiger partial charge on any atom is -0.451 e. The minimum atomic E-state index is -0.435. The summed E-state index contributed by atoms with van der Waals surface area (Å²) in [7, 11) is 0. The fraction of sp³-hybridized carbons (Fsp3) is 0.273. The summed E-state index contributed by atoms with van der Waals surface area (Å²) in [6.07, 6.45) is 2.98. The van der Waals surface area contributed by atoms with Crippen LogP contribution in [0.4, 0.5) is 10.1 Å². The molecule has 29 heavy (non-hydrogen) atoms. The van der Waals surface area contributed by atoms with E-state index in [1.807, 2.05) is 24.3 Å². The molecule has 1 N–H and O–H groups in total. The molecule has 1 amide bonds. The highest BCUT2D eigenvalue weighted by Gasteiger charge is 2.53. The maximum absolute atomic E-state index is 13.7. The van der Waals surface area contributed by atoms with E-state index in [9.17, 15) is 14.3 Å². The Balaban J connectivity index is 1.51. The van der Waals surface area contributed by atoms with Gasteiger partial charge in [-0.3, -0.25) is 9.69 Å². The first-order valence-corrected chi connectivity index (χ1v) is 9.57. The first kappa shape index (κ1) is 18.0. The van der Waals surface area contributed by atoms with Gasteiger partial charge in [-0.25, -0.2) is 9.37 Å². The molecular weight excluding hydrogens is 373 g/mol. The van der Waals surface area contributed by atoms with Crippen LogP contribution in [0.2, 0.25) is 0 Å². The molecule has 0 unspecified atom stereocenters. The predicted octanol–water partition coefficient (Wildman–Crippen LogP) is 2.80. The summed E-state index contributed by atoms with van der Waals surface area (Å²) in [5, 5.41) is 10.0. The summed E-state index contributed by atoms with van der Waals surface area (Å²) in [6.45, 7) is 1.02. The number of benzene rings is 2. The fourth-order valence-corrected chi connectivity index (χ4v) is 4.67. The van der Waals surface area contributed by atoms with Gasteiger partial charge in [0.25, 0.3) is 5.91 Å². The zero-order valence-corrected chi connectivity index (χ0v) is 15.6. The molecule has 0 aliphatic carbocycles. The fourth-order valence-electron chi connectivity index (χ4n) is 4.67. The van der Waals surface area contributed by atoms with Crippen LogP contribution in [-0.2, 0) is 6.54 Å². The largest absolute Gasteiger partial charge is 0.451 e. The van der Waals surface area contributed by atoms with E-state index in [1.165, 1.54) is 18.5 Å². The van der Waals surface area contributed by atoms with E-state index in [0.717, 1.165) is 16.9 Å². The molecule has 3 heterocycles. The number of halogens is 1. The topological polar surface area (TPSA) is 69.8 Å². The number of hydrogen-bond donors (Lipinski definition) is 1. The Morgan fingerprint density at radius 3 is 2.86 bits per heavy atom. The Kier molecular flexibility index (Phi) is 4.41. The van der Waals surface area contributed by atoms with Crippen molar-refractivity contribution in [1.82, 2.24) is 9.88 Å². The first-order valence-electron chi connectivity index (χ1n) is 9.57. The Morgan fingerprint density at radius 1 is 1.24 bits per heavy atom. The summed E-state index contributed by atoms with van der Waals surface area (Å²) in [5.41, 5.74) is 2.95. The molecule has 1 aromatic heterocycles. The van der Waals surface area contributed by atoms with Crippen LogP contribution in [0, 0.1) is 5.82 Å². The third-order valence-electron chi connectivity index (χ3n) is 5.97. The number of likely N-dealkylation sites (tertiary alicyclic amines) is 1. The number of para-hydroxylation sites is 1. The van der Waals surface area contributed by atoms with Gasteiger partial charge in [0.15, 0.2) is 6.39 Å². The third kappa shape index (κ3) is 2.94. The van der Waals surface area contributed by atoms with Gasteiger partial charge >= 0.3 is 0 Å². The van der Waals surface area contributed by atoms with E-state index in [4.69, 9.17) is 4.42 Å². The molecule has 3 aromatic rings. The Labute approximate surface area is 167 Å². The van der Waals surface area contributed by atoms with Gasteiger partial charge in [0.05, 0.1) is 12.3 Å². The summed E-state index contributed by atoms with van der Waals surface area (Å²) < 4.78 is 18.8. The SMILES string of the molecule is O=C(c1cccc(F)c1)N1C[C@H]2[C@@H](c3ccccc31)[C@@H](CO)N2Cc1cocn1. The lowest BCUT2D eigenvalue weighted by Gasteiger charge is -2.59. The van der Waals surface area contributed by atoms with E-state index in [0.29, 0.717) is 18.7 Å². The molecule has 148 valence electrons. The number of carbonyl (C=O) groups excluding carboxylic acids is 1. The monoisotopic (exact) mass is 393 g/mol. The summed E-state index contributed by atoms with van der Waals surface area (Å²) >= 11 is 0. The average Bonchev–Trinajstić information content (AvgIpc) is 3.25. The molecule has 3 atom stereocenters. The number of rotatable bonds is 4. The van der Waals surface area contributed by atoms with Gasteiger partial charge < -0.3 is 14.4 Å². The van der Waals surface area contributed by atoms with Crippen LogP contribution in [0.15, 0.2) is 65.6 Å². The Morgan fingerprint density at radius 2 is 2.10 bits per heavy atom.